The lowest BCUT2D eigenvalue weighted by atomic mass is 10.1. The summed E-state index contributed by atoms with van der Waals surface area (Å²) in [5, 5.41) is 13.1. The number of benzene rings is 1. The zero-order valence-electron chi connectivity index (χ0n) is 8.51. The molecule has 4 heteroatoms. The molecule has 0 radical (unpaired) electrons. The molecule has 1 aromatic carbocycles. The van der Waals surface area contributed by atoms with E-state index in [0.29, 0.717) is 5.69 Å². The average molecular weight is 233 g/mol. The summed E-state index contributed by atoms with van der Waals surface area (Å²) in [5.41, 5.74) is 1.65. The van der Waals surface area contributed by atoms with Crippen LogP contribution in [-0.2, 0) is 6.42 Å². The van der Waals surface area contributed by atoms with Crippen molar-refractivity contribution in [3.63, 3.8) is 0 Å². The molecule has 0 unspecified atom stereocenters. The van der Waals surface area contributed by atoms with Crippen molar-refractivity contribution in [2.45, 2.75) is 6.42 Å². The van der Waals surface area contributed by atoms with Crippen LogP contribution in [0.4, 0.5) is 10.5 Å². The Balaban J connectivity index is 2.22. The van der Waals surface area contributed by atoms with Crippen LogP contribution in [0.3, 0.4) is 0 Å². The van der Waals surface area contributed by atoms with Gasteiger partial charge >= 0.3 is 6.09 Å². The van der Waals surface area contributed by atoms with E-state index < -0.39 is 6.09 Å². The minimum absolute atomic E-state index is 0.656. The molecule has 0 saturated carbocycles. The van der Waals surface area contributed by atoms with Crippen LogP contribution >= 0.6 is 11.3 Å². The van der Waals surface area contributed by atoms with Crippen LogP contribution in [0.2, 0.25) is 0 Å². The molecule has 0 saturated heterocycles. The molecule has 1 aromatic heterocycles. The van der Waals surface area contributed by atoms with Crippen molar-refractivity contribution in [3.8, 4) is 0 Å². The first-order chi connectivity index (χ1) is 7.75. The fraction of sp³-hybridized carbons (Fsp3) is 0.0833. The zero-order chi connectivity index (χ0) is 11.4. The quantitative estimate of drug-likeness (QED) is 0.853. The van der Waals surface area contributed by atoms with Gasteiger partial charge in [0.05, 0.1) is 0 Å². The van der Waals surface area contributed by atoms with Gasteiger partial charge in [-0.25, -0.2) is 4.79 Å². The summed E-state index contributed by atoms with van der Waals surface area (Å²) in [4.78, 5) is 11.8. The highest BCUT2D eigenvalue weighted by Gasteiger charge is 2.05. The van der Waals surface area contributed by atoms with Gasteiger partial charge < -0.3 is 5.11 Å². The topological polar surface area (TPSA) is 49.3 Å². The molecule has 16 heavy (non-hydrogen) atoms. The molecule has 82 valence electrons. The van der Waals surface area contributed by atoms with E-state index in [1.165, 1.54) is 4.88 Å². The lowest BCUT2D eigenvalue weighted by Gasteiger charge is -2.07. The maximum Gasteiger partial charge on any atom is 0.409 e. The summed E-state index contributed by atoms with van der Waals surface area (Å²) < 4.78 is 0. The van der Waals surface area contributed by atoms with Gasteiger partial charge in [-0.3, -0.25) is 5.32 Å². The molecular weight excluding hydrogens is 222 g/mol. The Morgan fingerprint density at radius 2 is 2.06 bits per heavy atom. The average Bonchev–Trinajstić information content (AvgIpc) is 2.73. The summed E-state index contributed by atoms with van der Waals surface area (Å²) >= 11 is 1.67. The third-order valence-corrected chi connectivity index (χ3v) is 3.08. The van der Waals surface area contributed by atoms with Crippen LogP contribution in [0.1, 0.15) is 10.4 Å². The SMILES string of the molecule is O=C(O)Nc1ccccc1Cc1cccs1. The number of thiophene rings is 1. The van der Waals surface area contributed by atoms with Crippen LogP contribution in [0.15, 0.2) is 41.8 Å². The molecule has 2 N–H and O–H groups in total. The molecule has 0 atom stereocenters. The summed E-state index contributed by atoms with van der Waals surface area (Å²) in [5.74, 6) is 0. The van der Waals surface area contributed by atoms with Gasteiger partial charge in [0, 0.05) is 17.0 Å². The first kappa shape index (κ1) is 10.7. The molecule has 0 aliphatic carbocycles. The number of para-hydroxylation sites is 1. The molecule has 0 aliphatic rings. The summed E-state index contributed by atoms with van der Waals surface area (Å²) in [7, 11) is 0. The second-order valence-electron chi connectivity index (χ2n) is 3.34. The third kappa shape index (κ3) is 2.61. The maximum absolute atomic E-state index is 10.6. The Labute approximate surface area is 97.4 Å². The first-order valence-corrected chi connectivity index (χ1v) is 5.74. The standard InChI is InChI=1S/C12H11NO2S/c14-12(15)13-11-6-2-1-4-9(11)8-10-5-3-7-16-10/h1-7,13H,8H2,(H,14,15). The number of anilines is 1. The van der Waals surface area contributed by atoms with E-state index in [1.807, 2.05) is 35.7 Å². The van der Waals surface area contributed by atoms with E-state index in [4.69, 9.17) is 5.11 Å². The van der Waals surface area contributed by atoms with Crippen molar-refractivity contribution >= 4 is 23.1 Å². The molecule has 0 spiro atoms. The van der Waals surface area contributed by atoms with E-state index >= 15 is 0 Å². The van der Waals surface area contributed by atoms with Gasteiger partial charge in [-0.15, -0.1) is 11.3 Å². The predicted octanol–water partition coefficient (Wildman–Crippen LogP) is 3.43. The van der Waals surface area contributed by atoms with Gasteiger partial charge in [-0.2, -0.15) is 0 Å². The highest BCUT2D eigenvalue weighted by molar-refractivity contribution is 7.09. The van der Waals surface area contributed by atoms with Gasteiger partial charge in [0.2, 0.25) is 0 Å². The first-order valence-electron chi connectivity index (χ1n) is 4.86. The van der Waals surface area contributed by atoms with Gasteiger partial charge in [0.15, 0.2) is 0 Å². The van der Waals surface area contributed by atoms with Crippen LogP contribution in [-0.4, -0.2) is 11.2 Å². The van der Waals surface area contributed by atoms with Gasteiger partial charge in [0.1, 0.15) is 0 Å². The number of amides is 1. The lowest BCUT2D eigenvalue weighted by Crippen LogP contribution is -2.09. The number of rotatable bonds is 3. The van der Waals surface area contributed by atoms with E-state index in [0.717, 1.165) is 12.0 Å². The highest BCUT2D eigenvalue weighted by atomic mass is 32.1. The Hall–Kier alpha value is -1.81. The Bertz CT molecular complexity index is 480. The number of carboxylic acid groups (broad SMARTS) is 1. The molecule has 2 aromatic rings. The normalized spacial score (nSPS) is 10.0. The van der Waals surface area contributed by atoms with E-state index in [9.17, 15) is 4.79 Å². The van der Waals surface area contributed by atoms with Crippen molar-refractivity contribution in [1.29, 1.82) is 0 Å². The number of nitrogens with one attached hydrogen (secondary N) is 1. The van der Waals surface area contributed by atoms with Gasteiger partial charge in [0.25, 0.3) is 0 Å². The van der Waals surface area contributed by atoms with Crippen LogP contribution in [0, 0.1) is 0 Å². The Morgan fingerprint density at radius 1 is 1.25 bits per heavy atom. The van der Waals surface area contributed by atoms with Crippen LogP contribution in [0.5, 0.6) is 0 Å². The number of hydrogen-bond donors (Lipinski definition) is 2. The van der Waals surface area contributed by atoms with Crippen molar-refractivity contribution < 1.29 is 9.90 Å². The van der Waals surface area contributed by atoms with Gasteiger partial charge in [-0.05, 0) is 23.1 Å². The molecule has 0 bridgehead atoms. The molecule has 2 rings (SSSR count). The van der Waals surface area contributed by atoms with E-state index in [1.54, 1.807) is 17.4 Å². The largest absolute Gasteiger partial charge is 0.465 e. The van der Waals surface area contributed by atoms with Crippen molar-refractivity contribution in [2.75, 3.05) is 5.32 Å². The minimum Gasteiger partial charge on any atom is -0.465 e. The van der Waals surface area contributed by atoms with Crippen molar-refractivity contribution in [1.82, 2.24) is 0 Å². The zero-order valence-corrected chi connectivity index (χ0v) is 9.33. The minimum atomic E-state index is -1.03. The molecule has 3 nitrogen and oxygen atoms in total. The molecule has 1 heterocycles. The van der Waals surface area contributed by atoms with E-state index in [2.05, 4.69) is 5.32 Å². The van der Waals surface area contributed by atoms with Crippen LogP contribution < -0.4 is 5.32 Å². The summed E-state index contributed by atoms with van der Waals surface area (Å²) in [6, 6.07) is 11.5. The van der Waals surface area contributed by atoms with Crippen molar-refractivity contribution in [3.05, 3.63) is 52.2 Å². The van der Waals surface area contributed by atoms with Crippen molar-refractivity contribution in [2.24, 2.45) is 0 Å². The molecule has 0 aliphatic heterocycles. The lowest BCUT2D eigenvalue weighted by molar-refractivity contribution is 0.209. The Morgan fingerprint density at radius 3 is 2.75 bits per heavy atom. The number of carbonyl (C=O) groups is 1. The molecular formula is C12H11NO2S. The monoisotopic (exact) mass is 233 g/mol. The van der Waals surface area contributed by atoms with E-state index in [-0.39, 0.29) is 0 Å². The Kier molecular flexibility index (Phi) is 3.22. The summed E-state index contributed by atoms with van der Waals surface area (Å²) in [6.07, 6.45) is -0.271. The number of hydrogen-bond acceptors (Lipinski definition) is 2. The summed E-state index contributed by atoms with van der Waals surface area (Å²) in [6.45, 7) is 0. The van der Waals surface area contributed by atoms with Crippen LogP contribution in [0.25, 0.3) is 0 Å². The maximum atomic E-state index is 10.6. The second kappa shape index (κ2) is 4.81. The molecule has 0 fully saturated rings. The smallest absolute Gasteiger partial charge is 0.409 e. The fourth-order valence-corrected chi connectivity index (χ4v) is 2.24. The highest BCUT2D eigenvalue weighted by Crippen LogP contribution is 2.21. The molecule has 1 amide bonds. The second-order valence-corrected chi connectivity index (χ2v) is 4.38. The fourth-order valence-electron chi connectivity index (χ4n) is 1.51. The predicted molar refractivity (Wildman–Crippen MR) is 65.2 cm³/mol. The third-order valence-electron chi connectivity index (χ3n) is 2.20. The van der Waals surface area contributed by atoms with Gasteiger partial charge in [-0.1, -0.05) is 24.3 Å².